The molecule has 6 aromatic rings. The minimum atomic E-state index is -4.66. The Balaban J connectivity index is 1.18. The third-order valence-electron chi connectivity index (χ3n) is 8.79. The second-order valence-electron chi connectivity index (χ2n) is 11.6. The van der Waals surface area contributed by atoms with E-state index in [1.54, 1.807) is 13.1 Å². The lowest BCUT2D eigenvalue weighted by molar-refractivity contribution is -0.139. The molecular weight excluding hydrogens is 605 g/mol. The predicted molar refractivity (Wildman–Crippen MR) is 173 cm³/mol. The minimum Gasteiger partial charge on any atom is -0.478 e. The van der Waals surface area contributed by atoms with Crippen LogP contribution in [0.5, 0.6) is 0 Å². The van der Waals surface area contributed by atoms with E-state index in [0.29, 0.717) is 41.5 Å². The number of alkyl halides is 3. The van der Waals surface area contributed by atoms with Crippen molar-refractivity contribution in [2.24, 2.45) is 0 Å². The summed E-state index contributed by atoms with van der Waals surface area (Å²) in [5.41, 5.74) is 10.7. The lowest BCUT2D eigenvalue weighted by Crippen LogP contribution is -2.46. The maximum Gasteiger partial charge on any atom is 0.416 e. The van der Waals surface area contributed by atoms with Crippen LogP contribution in [0.1, 0.15) is 45.9 Å². The van der Waals surface area contributed by atoms with Gasteiger partial charge in [0.15, 0.2) is 11.5 Å². The van der Waals surface area contributed by atoms with E-state index >= 15 is 0 Å². The molecule has 0 bridgehead atoms. The average molecular weight is 635 g/mol. The standard InChI is InChI=1S/C36H29F3N6O2/c1-21(27-14-11-24(35(46)47)18-29(27)36(37,38)39)44-19-25(20-44)22-9-12-26(13-10-22)45-33(28-8-5-17-41-32(28)40)43-31-16-15-30(42-34(31)45)23-6-3-2-4-7-23/h2-18,21,25H,19-20H2,1H3,(H2,40,41)(H,46,47)/t21-/m0/s1. The number of benzene rings is 3. The van der Waals surface area contributed by atoms with Gasteiger partial charge in [-0.25, -0.2) is 19.7 Å². The molecule has 0 aliphatic carbocycles. The first-order valence-corrected chi connectivity index (χ1v) is 15.0. The van der Waals surface area contributed by atoms with E-state index in [9.17, 15) is 23.1 Å². The number of halogens is 3. The van der Waals surface area contributed by atoms with Gasteiger partial charge in [0.25, 0.3) is 0 Å². The SMILES string of the molecule is C[C@@H](c1ccc(C(=O)O)cc1C(F)(F)F)N1CC(c2ccc(-n3c(-c4cccnc4N)nc4ccc(-c5ccccc5)nc43)cc2)C1. The number of pyridine rings is 2. The molecule has 1 fully saturated rings. The monoisotopic (exact) mass is 634 g/mol. The Kier molecular flexibility index (Phi) is 7.48. The zero-order valence-electron chi connectivity index (χ0n) is 25.2. The maximum absolute atomic E-state index is 13.9. The molecule has 0 saturated carbocycles. The van der Waals surface area contributed by atoms with Gasteiger partial charge < -0.3 is 10.8 Å². The molecule has 0 unspecified atom stereocenters. The Morgan fingerprint density at radius 3 is 2.36 bits per heavy atom. The van der Waals surface area contributed by atoms with E-state index in [1.165, 1.54) is 12.1 Å². The number of likely N-dealkylation sites (tertiary alicyclic amines) is 1. The third-order valence-corrected chi connectivity index (χ3v) is 8.79. The Morgan fingerprint density at radius 2 is 1.68 bits per heavy atom. The number of carboxylic acid groups (broad SMARTS) is 1. The number of fused-ring (bicyclic) bond motifs is 1. The van der Waals surface area contributed by atoms with Crippen LogP contribution in [0, 0.1) is 0 Å². The summed E-state index contributed by atoms with van der Waals surface area (Å²) < 4.78 is 43.6. The van der Waals surface area contributed by atoms with Gasteiger partial charge in [-0.3, -0.25) is 9.47 Å². The molecule has 0 radical (unpaired) electrons. The molecule has 4 heterocycles. The van der Waals surface area contributed by atoms with Crippen LogP contribution in [-0.4, -0.2) is 48.6 Å². The van der Waals surface area contributed by atoms with Crippen LogP contribution in [0.15, 0.2) is 103 Å². The van der Waals surface area contributed by atoms with Crippen molar-refractivity contribution in [2.75, 3.05) is 18.8 Å². The van der Waals surface area contributed by atoms with Crippen molar-refractivity contribution < 1.29 is 23.1 Å². The van der Waals surface area contributed by atoms with Crippen molar-refractivity contribution in [1.82, 2.24) is 24.4 Å². The molecule has 0 amide bonds. The fourth-order valence-corrected chi connectivity index (χ4v) is 6.19. The minimum absolute atomic E-state index is 0.0628. The molecule has 1 saturated heterocycles. The van der Waals surface area contributed by atoms with Gasteiger partial charge in [-0.2, -0.15) is 13.2 Å². The van der Waals surface area contributed by atoms with Crippen molar-refractivity contribution in [2.45, 2.75) is 25.1 Å². The van der Waals surface area contributed by atoms with Gasteiger partial charge in [-0.1, -0.05) is 48.5 Å². The van der Waals surface area contributed by atoms with E-state index < -0.39 is 23.8 Å². The van der Waals surface area contributed by atoms with Gasteiger partial charge in [-0.05, 0) is 66.6 Å². The number of hydrogen-bond acceptors (Lipinski definition) is 6. The van der Waals surface area contributed by atoms with E-state index in [2.05, 4.69) is 4.98 Å². The first kappa shape index (κ1) is 30.1. The van der Waals surface area contributed by atoms with Crippen LogP contribution < -0.4 is 5.73 Å². The summed E-state index contributed by atoms with van der Waals surface area (Å²) in [6, 6.07) is 28.1. The summed E-state index contributed by atoms with van der Waals surface area (Å²) in [5, 5.41) is 9.21. The second-order valence-corrected chi connectivity index (χ2v) is 11.6. The summed E-state index contributed by atoms with van der Waals surface area (Å²) >= 11 is 0. The normalized spacial score (nSPS) is 14.6. The lowest BCUT2D eigenvalue weighted by atomic mass is 9.87. The Bertz CT molecular complexity index is 2110. The summed E-state index contributed by atoms with van der Waals surface area (Å²) in [6.07, 6.45) is -3.03. The number of imidazole rings is 1. The molecule has 7 rings (SSSR count). The first-order chi connectivity index (χ1) is 22.6. The molecule has 11 heteroatoms. The lowest BCUT2D eigenvalue weighted by Gasteiger charge is -2.44. The van der Waals surface area contributed by atoms with Gasteiger partial charge in [0, 0.05) is 42.5 Å². The van der Waals surface area contributed by atoms with E-state index in [1.807, 2.05) is 88.3 Å². The first-order valence-electron chi connectivity index (χ1n) is 15.0. The van der Waals surface area contributed by atoms with Crippen LogP contribution in [0.25, 0.3) is 39.5 Å². The number of carbonyl (C=O) groups is 1. The van der Waals surface area contributed by atoms with E-state index in [-0.39, 0.29) is 17.0 Å². The number of rotatable bonds is 7. The highest BCUT2D eigenvalue weighted by Gasteiger charge is 2.39. The highest BCUT2D eigenvalue weighted by molar-refractivity contribution is 5.88. The number of aromatic nitrogens is 4. The second kappa shape index (κ2) is 11.7. The van der Waals surface area contributed by atoms with E-state index in [4.69, 9.17) is 15.7 Å². The highest BCUT2D eigenvalue weighted by atomic mass is 19.4. The van der Waals surface area contributed by atoms with Gasteiger partial charge >= 0.3 is 12.1 Å². The topological polar surface area (TPSA) is 110 Å². The molecule has 3 aromatic heterocycles. The molecule has 1 atom stereocenters. The zero-order valence-corrected chi connectivity index (χ0v) is 25.2. The number of anilines is 1. The fourth-order valence-electron chi connectivity index (χ4n) is 6.19. The largest absolute Gasteiger partial charge is 0.478 e. The van der Waals surface area contributed by atoms with Crippen LogP contribution >= 0.6 is 0 Å². The molecule has 236 valence electrons. The number of carboxylic acids is 1. The highest BCUT2D eigenvalue weighted by Crippen LogP contribution is 2.41. The van der Waals surface area contributed by atoms with Crippen molar-refractivity contribution in [3.63, 3.8) is 0 Å². The zero-order chi connectivity index (χ0) is 32.9. The van der Waals surface area contributed by atoms with Crippen molar-refractivity contribution in [3.05, 3.63) is 126 Å². The average Bonchev–Trinajstić information content (AvgIpc) is 3.43. The molecule has 3 N–H and O–H groups in total. The fraction of sp³-hybridized carbons (Fsp3) is 0.167. The molecule has 1 aliphatic heterocycles. The summed E-state index contributed by atoms with van der Waals surface area (Å²) in [6.45, 7) is 2.84. The predicted octanol–water partition coefficient (Wildman–Crippen LogP) is 7.61. The van der Waals surface area contributed by atoms with Crippen molar-refractivity contribution in [1.29, 1.82) is 0 Å². The molecule has 0 spiro atoms. The molecular formula is C36H29F3N6O2. The maximum atomic E-state index is 13.9. The quantitative estimate of drug-likeness (QED) is 0.186. The van der Waals surface area contributed by atoms with Crippen molar-refractivity contribution in [3.8, 4) is 28.3 Å². The molecule has 1 aliphatic rings. The van der Waals surface area contributed by atoms with E-state index in [0.717, 1.165) is 28.6 Å². The van der Waals surface area contributed by atoms with Gasteiger partial charge in [0.2, 0.25) is 0 Å². The Hall–Kier alpha value is -5.55. The summed E-state index contributed by atoms with van der Waals surface area (Å²) in [5.74, 6) is -0.322. The molecule has 3 aromatic carbocycles. The molecule has 47 heavy (non-hydrogen) atoms. The van der Waals surface area contributed by atoms with Gasteiger partial charge in [0.1, 0.15) is 11.3 Å². The number of nitrogens with two attached hydrogens (primary N) is 1. The molecule has 8 nitrogen and oxygen atoms in total. The third kappa shape index (κ3) is 5.59. The summed E-state index contributed by atoms with van der Waals surface area (Å²) in [7, 11) is 0. The number of hydrogen-bond donors (Lipinski definition) is 2. The van der Waals surface area contributed by atoms with Crippen LogP contribution in [0.3, 0.4) is 0 Å². The number of aromatic carboxylic acids is 1. The smallest absolute Gasteiger partial charge is 0.416 e. The number of nitrogens with zero attached hydrogens (tertiary/aromatic N) is 5. The van der Waals surface area contributed by atoms with Crippen molar-refractivity contribution >= 4 is 23.0 Å². The van der Waals surface area contributed by atoms with Gasteiger partial charge in [-0.15, -0.1) is 0 Å². The summed E-state index contributed by atoms with van der Waals surface area (Å²) in [4.78, 5) is 27.4. The van der Waals surface area contributed by atoms with Crippen LogP contribution in [0.4, 0.5) is 19.0 Å². The Labute approximate surface area is 268 Å². The Morgan fingerprint density at radius 1 is 0.936 bits per heavy atom. The van der Waals surface area contributed by atoms with Crippen LogP contribution in [-0.2, 0) is 6.18 Å². The van der Waals surface area contributed by atoms with Crippen LogP contribution in [0.2, 0.25) is 0 Å². The van der Waals surface area contributed by atoms with Gasteiger partial charge in [0.05, 0.1) is 22.4 Å². The number of nitrogen functional groups attached to an aromatic ring is 1.